The van der Waals surface area contributed by atoms with E-state index in [2.05, 4.69) is 20.3 Å². The molecule has 0 radical (unpaired) electrons. The van der Waals surface area contributed by atoms with Crippen LogP contribution in [0.3, 0.4) is 0 Å². The maximum atomic E-state index is 12.4. The summed E-state index contributed by atoms with van der Waals surface area (Å²) in [5.74, 6) is -0.444. The summed E-state index contributed by atoms with van der Waals surface area (Å²) < 4.78 is 17.4. The molecule has 0 spiro atoms. The number of carbonyl (C=O) groups excluding carboxylic acids is 2. The number of nitrogens with two attached hydrogens (primary N) is 1. The number of fused-ring (bicyclic) bond motifs is 1. The first-order valence-corrected chi connectivity index (χ1v) is 9.91. The largest absolute Gasteiger partial charge is 0.462 e. The SMILES string of the molecule is CC(C)CC(NC(=O)OC(C)(C)C)C(=O)OCCOCn1cnc2c(=O)[nH]c(N)nc21. The van der Waals surface area contributed by atoms with Crippen molar-refractivity contribution in [3.63, 3.8) is 0 Å². The molecule has 0 saturated carbocycles. The molecule has 12 nitrogen and oxygen atoms in total. The number of anilines is 1. The fourth-order valence-corrected chi connectivity index (χ4v) is 2.67. The standard InChI is InChI=1S/C19H30N6O6/c1-11(2)8-12(22-18(28)31-19(3,4)5)16(27)30-7-6-29-10-25-9-21-13-14(25)23-17(20)24-15(13)26/h9,11-12H,6-8,10H2,1-5H3,(H,22,28)(H3,20,23,24,26). The Morgan fingerprint density at radius 3 is 2.65 bits per heavy atom. The van der Waals surface area contributed by atoms with E-state index in [1.165, 1.54) is 10.9 Å². The minimum Gasteiger partial charge on any atom is -0.462 e. The molecule has 1 unspecified atom stereocenters. The number of aromatic amines is 1. The number of aromatic nitrogens is 4. The highest BCUT2D eigenvalue weighted by Crippen LogP contribution is 2.11. The Hall–Kier alpha value is -3.15. The highest BCUT2D eigenvalue weighted by atomic mass is 16.6. The van der Waals surface area contributed by atoms with Gasteiger partial charge in [-0.05, 0) is 33.1 Å². The summed E-state index contributed by atoms with van der Waals surface area (Å²) in [5.41, 5.74) is 4.87. The number of rotatable bonds is 9. The summed E-state index contributed by atoms with van der Waals surface area (Å²) in [5, 5.41) is 2.56. The van der Waals surface area contributed by atoms with Crippen molar-refractivity contribution in [1.82, 2.24) is 24.8 Å². The second kappa shape index (κ2) is 10.2. The van der Waals surface area contributed by atoms with Gasteiger partial charge in [0.1, 0.15) is 25.0 Å². The van der Waals surface area contributed by atoms with Gasteiger partial charge in [-0.25, -0.2) is 14.6 Å². The number of carbonyl (C=O) groups is 2. The van der Waals surface area contributed by atoms with Crippen LogP contribution in [0.25, 0.3) is 11.2 Å². The summed E-state index contributed by atoms with van der Waals surface area (Å²) >= 11 is 0. The van der Waals surface area contributed by atoms with Gasteiger partial charge in [-0.15, -0.1) is 0 Å². The van der Waals surface area contributed by atoms with Crippen LogP contribution in [0.2, 0.25) is 0 Å². The predicted octanol–water partition coefficient (Wildman–Crippen LogP) is 1.16. The van der Waals surface area contributed by atoms with E-state index in [0.717, 1.165) is 0 Å². The number of ether oxygens (including phenoxy) is 3. The highest BCUT2D eigenvalue weighted by molar-refractivity contribution is 5.81. The van der Waals surface area contributed by atoms with Gasteiger partial charge in [0.05, 0.1) is 12.9 Å². The van der Waals surface area contributed by atoms with E-state index in [1.807, 2.05) is 13.8 Å². The summed E-state index contributed by atoms with van der Waals surface area (Å²) in [6, 6.07) is -0.827. The Bertz CT molecular complexity index is 961. The molecule has 0 saturated heterocycles. The molecular weight excluding hydrogens is 408 g/mol. The van der Waals surface area contributed by atoms with Crippen molar-refractivity contribution in [2.45, 2.75) is 59.4 Å². The van der Waals surface area contributed by atoms with E-state index >= 15 is 0 Å². The number of hydrogen-bond acceptors (Lipinski definition) is 9. The number of hydrogen-bond donors (Lipinski definition) is 3. The molecule has 0 aromatic carbocycles. The zero-order valence-corrected chi connectivity index (χ0v) is 18.4. The molecular formula is C19H30N6O6. The Morgan fingerprint density at radius 1 is 1.29 bits per heavy atom. The van der Waals surface area contributed by atoms with Crippen molar-refractivity contribution in [3.05, 3.63) is 16.7 Å². The van der Waals surface area contributed by atoms with E-state index in [0.29, 0.717) is 6.42 Å². The third kappa shape index (κ3) is 7.55. The normalized spacial score (nSPS) is 12.7. The van der Waals surface area contributed by atoms with E-state index in [9.17, 15) is 14.4 Å². The lowest BCUT2D eigenvalue weighted by Gasteiger charge is -2.23. The van der Waals surface area contributed by atoms with E-state index in [4.69, 9.17) is 19.9 Å². The highest BCUT2D eigenvalue weighted by Gasteiger charge is 2.26. The van der Waals surface area contributed by atoms with Crippen molar-refractivity contribution >= 4 is 29.2 Å². The molecule has 1 atom stereocenters. The monoisotopic (exact) mass is 438 g/mol. The van der Waals surface area contributed by atoms with Crippen LogP contribution in [0.1, 0.15) is 41.0 Å². The van der Waals surface area contributed by atoms with Gasteiger partial charge in [0.25, 0.3) is 5.56 Å². The molecule has 2 heterocycles. The molecule has 0 fully saturated rings. The zero-order chi connectivity index (χ0) is 23.2. The first-order chi connectivity index (χ1) is 14.5. The molecule has 2 aromatic rings. The van der Waals surface area contributed by atoms with Crippen LogP contribution in [0.5, 0.6) is 0 Å². The van der Waals surface area contributed by atoms with Crippen molar-refractivity contribution in [2.24, 2.45) is 5.92 Å². The van der Waals surface area contributed by atoms with E-state index < -0.39 is 29.3 Å². The van der Waals surface area contributed by atoms with Gasteiger partial charge in [0.2, 0.25) is 5.95 Å². The van der Waals surface area contributed by atoms with Crippen molar-refractivity contribution in [2.75, 3.05) is 18.9 Å². The number of alkyl carbamates (subject to hydrolysis) is 1. The Balaban J connectivity index is 1.83. The average Bonchev–Trinajstić information content (AvgIpc) is 3.02. The number of nitrogen functional groups attached to an aromatic ring is 1. The Labute approximate surface area is 179 Å². The molecule has 172 valence electrons. The first kappa shape index (κ1) is 24.1. The summed E-state index contributed by atoms with van der Waals surface area (Å²) in [7, 11) is 0. The number of H-pyrrole nitrogens is 1. The van der Waals surface area contributed by atoms with Crippen molar-refractivity contribution < 1.29 is 23.8 Å². The molecule has 12 heteroatoms. The second-order valence-electron chi connectivity index (χ2n) is 8.37. The minimum atomic E-state index is -0.827. The van der Waals surface area contributed by atoms with Crippen molar-refractivity contribution in [1.29, 1.82) is 0 Å². The van der Waals surface area contributed by atoms with Gasteiger partial charge in [-0.2, -0.15) is 4.98 Å². The summed E-state index contributed by atoms with van der Waals surface area (Å²) in [6.07, 6.45) is 1.13. The zero-order valence-electron chi connectivity index (χ0n) is 18.4. The van der Waals surface area contributed by atoms with Crippen LogP contribution >= 0.6 is 0 Å². The fraction of sp³-hybridized carbons (Fsp3) is 0.632. The molecule has 31 heavy (non-hydrogen) atoms. The van der Waals surface area contributed by atoms with Crippen LogP contribution in [-0.4, -0.2) is 56.4 Å². The molecule has 2 rings (SSSR count). The topological polar surface area (TPSA) is 163 Å². The molecule has 0 bridgehead atoms. The summed E-state index contributed by atoms with van der Waals surface area (Å²) in [4.78, 5) is 46.5. The van der Waals surface area contributed by atoms with Gasteiger partial charge < -0.3 is 25.3 Å². The number of esters is 1. The maximum Gasteiger partial charge on any atom is 0.408 e. The third-order valence-corrected chi connectivity index (χ3v) is 3.88. The lowest BCUT2D eigenvalue weighted by atomic mass is 10.0. The number of nitrogens with one attached hydrogen (secondary N) is 2. The molecule has 1 amide bonds. The molecule has 0 aliphatic rings. The van der Waals surface area contributed by atoms with E-state index in [-0.39, 0.29) is 43.0 Å². The van der Waals surface area contributed by atoms with Gasteiger partial charge in [0.15, 0.2) is 11.2 Å². The van der Waals surface area contributed by atoms with Gasteiger partial charge in [-0.1, -0.05) is 13.8 Å². The van der Waals surface area contributed by atoms with Crippen LogP contribution in [0.4, 0.5) is 10.7 Å². The Kier molecular flexibility index (Phi) is 7.97. The van der Waals surface area contributed by atoms with Crippen LogP contribution < -0.4 is 16.6 Å². The van der Waals surface area contributed by atoms with Gasteiger partial charge in [-0.3, -0.25) is 14.3 Å². The predicted molar refractivity (Wildman–Crippen MR) is 112 cm³/mol. The minimum absolute atomic E-state index is 0.0216. The van der Waals surface area contributed by atoms with Crippen LogP contribution in [0, 0.1) is 5.92 Å². The molecule has 0 aliphatic heterocycles. The molecule has 4 N–H and O–H groups in total. The lowest BCUT2D eigenvalue weighted by Crippen LogP contribution is -2.45. The van der Waals surface area contributed by atoms with Gasteiger partial charge >= 0.3 is 12.1 Å². The van der Waals surface area contributed by atoms with Crippen LogP contribution in [-0.2, 0) is 25.7 Å². The molecule has 0 aliphatic carbocycles. The number of nitrogens with zero attached hydrogens (tertiary/aromatic N) is 3. The average molecular weight is 438 g/mol. The Morgan fingerprint density at radius 2 is 2.00 bits per heavy atom. The second-order valence-corrected chi connectivity index (χ2v) is 8.37. The van der Waals surface area contributed by atoms with Gasteiger partial charge in [0, 0.05) is 0 Å². The number of amides is 1. The fourth-order valence-electron chi connectivity index (χ4n) is 2.67. The smallest absolute Gasteiger partial charge is 0.408 e. The first-order valence-electron chi connectivity index (χ1n) is 9.91. The van der Waals surface area contributed by atoms with Crippen LogP contribution in [0.15, 0.2) is 11.1 Å². The third-order valence-electron chi connectivity index (χ3n) is 3.88. The lowest BCUT2D eigenvalue weighted by molar-refractivity contribution is -0.148. The maximum absolute atomic E-state index is 12.4. The molecule has 2 aromatic heterocycles. The quantitative estimate of drug-likeness (QED) is 0.385. The summed E-state index contributed by atoms with van der Waals surface area (Å²) in [6.45, 7) is 9.19. The van der Waals surface area contributed by atoms with E-state index in [1.54, 1.807) is 20.8 Å². The van der Waals surface area contributed by atoms with Crippen molar-refractivity contribution in [3.8, 4) is 0 Å². The number of imidazole rings is 1.